The molecule has 3 heteroatoms. The van der Waals surface area contributed by atoms with Crippen LogP contribution < -0.4 is 5.73 Å². The highest BCUT2D eigenvalue weighted by Crippen LogP contribution is 2.32. The minimum absolute atomic E-state index is 0.174. The Morgan fingerprint density at radius 1 is 0.889 bits per heavy atom. The Labute approximate surface area is 103 Å². The molecule has 3 rings (SSSR count). The molecule has 1 amide bonds. The number of rotatable bonds is 1. The molecule has 1 radical (unpaired) electrons. The van der Waals surface area contributed by atoms with Crippen LogP contribution in [-0.2, 0) is 5.11 Å². The van der Waals surface area contributed by atoms with Gasteiger partial charge in [-0.15, -0.1) is 0 Å². The molecule has 2 N–H and O–H groups in total. The van der Waals surface area contributed by atoms with Gasteiger partial charge in [0.25, 0.3) is 0 Å². The van der Waals surface area contributed by atoms with Gasteiger partial charge in [-0.1, -0.05) is 30.3 Å². The van der Waals surface area contributed by atoms with E-state index in [9.17, 15) is 9.90 Å². The third kappa shape index (κ3) is 1.49. The van der Waals surface area contributed by atoms with E-state index in [4.69, 9.17) is 5.73 Å². The summed E-state index contributed by atoms with van der Waals surface area (Å²) in [5, 5.41) is 15.3. The number of carbonyl (C=O) groups excluding carboxylic acids is 1. The number of hydrogen-bond acceptors (Lipinski definition) is 1. The van der Waals surface area contributed by atoms with E-state index in [1.54, 1.807) is 12.1 Å². The van der Waals surface area contributed by atoms with Gasteiger partial charge >= 0.3 is 0 Å². The molecule has 0 aliphatic carbocycles. The van der Waals surface area contributed by atoms with Gasteiger partial charge in [0.2, 0.25) is 5.91 Å². The van der Waals surface area contributed by atoms with Crippen molar-refractivity contribution >= 4 is 27.5 Å². The molecular formula is C15H10NO2. The van der Waals surface area contributed by atoms with Gasteiger partial charge in [0.1, 0.15) is 0 Å². The maximum Gasteiger partial charge on any atom is 0.248 e. The lowest BCUT2D eigenvalue weighted by Crippen LogP contribution is -2.10. The van der Waals surface area contributed by atoms with E-state index in [0.717, 1.165) is 16.2 Å². The predicted molar refractivity (Wildman–Crippen MR) is 70.1 cm³/mol. The van der Waals surface area contributed by atoms with E-state index >= 15 is 0 Å². The van der Waals surface area contributed by atoms with E-state index in [0.29, 0.717) is 5.39 Å². The number of amides is 1. The van der Waals surface area contributed by atoms with Crippen molar-refractivity contribution in [3.63, 3.8) is 0 Å². The van der Waals surface area contributed by atoms with Gasteiger partial charge in [0.05, 0.1) is 0 Å². The van der Waals surface area contributed by atoms with E-state index in [2.05, 4.69) is 0 Å². The zero-order chi connectivity index (χ0) is 12.7. The Bertz CT molecular complexity index is 778. The fraction of sp³-hybridized carbons (Fsp3) is 0. The van der Waals surface area contributed by atoms with Crippen molar-refractivity contribution in [1.82, 2.24) is 0 Å². The molecule has 0 aromatic heterocycles. The highest BCUT2D eigenvalue weighted by molar-refractivity contribution is 6.11. The molecule has 87 valence electrons. The molecule has 18 heavy (non-hydrogen) atoms. The summed E-state index contributed by atoms with van der Waals surface area (Å²) in [6, 6.07) is 14.4. The van der Waals surface area contributed by atoms with Crippen molar-refractivity contribution in [2.24, 2.45) is 5.73 Å². The highest BCUT2D eigenvalue weighted by Gasteiger charge is 2.10. The topological polar surface area (TPSA) is 63.0 Å². The van der Waals surface area contributed by atoms with Crippen molar-refractivity contribution in [2.45, 2.75) is 0 Å². The van der Waals surface area contributed by atoms with Crippen molar-refractivity contribution in [3.05, 3.63) is 54.1 Å². The smallest absolute Gasteiger partial charge is 0.248 e. The number of hydrogen-bond donors (Lipinski definition) is 1. The minimum atomic E-state index is -0.582. The summed E-state index contributed by atoms with van der Waals surface area (Å²) in [5.41, 5.74) is 5.49. The molecule has 0 heterocycles. The number of nitrogens with two attached hydrogens (primary N) is 1. The van der Waals surface area contributed by atoms with E-state index < -0.39 is 5.91 Å². The lowest BCUT2D eigenvalue weighted by molar-refractivity contribution is 0.1000. The lowest BCUT2D eigenvalue weighted by atomic mass is 9.99. The first kappa shape index (κ1) is 10.6. The standard InChI is InChI=1S/C15H10NO2/c16-15(18)10-7-13-11-4-2-1-3-9(11)5-6-12(13)14(17)8-10/h1-8H,(H2,16,18). The maximum atomic E-state index is 11.9. The normalized spacial score (nSPS) is 10.9. The van der Waals surface area contributed by atoms with Gasteiger partial charge in [-0.3, -0.25) is 9.90 Å². The number of fused-ring (bicyclic) bond motifs is 3. The number of benzene rings is 3. The van der Waals surface area contributed by atoms with Crippen molar-refractivity contribution < 1.29 is 9.90 Å². The van der Waals surface area contributed by atoms with Gasteiger partial charge in [-0.05, 0) is 34.4 Å². The highest BCUT2D eigenvalue weighted by atomic mass is 16.3. The number of carbonyl (C=O) groups is 1. The summed E-state index contributed by atoms with van der Waals surface area (Å²) in [7, 11) is 0. The Balaban J connectivity index is 2.51. The van der Waals surface area contributed by atoms with Crippen LogP contribution in [0.25, 0.3) is 21.5 Å². The van der Waals surface area contributed by atoms with Gasteiger partial charge in [-0.2, -0.15) is 0 Å². The van der Waals surface area contributed by atoms with Crippen LogP contribution in [0.3, 0.4) is 0 Å². The predicted octanol–water partition coefficient (Wildman–Crippen LogP) is 3.24. The molecule has 0 fully saturated rings. The molecule has 3 aromatic carbocycles. The molecule has 0 aliphatic rings. The fourth-order valence-electron chi connectivity index (χ4n) is 2.22. The summed E-state index contributed by atoms with van der Waals surface area (Å²) < 4.78 is 0. The summed E-state index contributed by atoms with van der Waals surface area (Å²) in [6.07, 6.45) is 0. The molecule has 0 aliphatic heterocycles. The molecule has 0 spiro atoms. The third-order valence-corrected chi connectivity index (χ3v) is 3.11. The van der Waals surface area contributed by atoms with Crippen LogP contribution in [0.15, 0.2) is 48.5 Å². The largest absolute Gasteiger partial charge is 0.366 e. The molecule has 3 aromatic rings. The average molecular weight is 236 g/mol. The van der Waals surface area contributed by atoms with Crippen LogP contribution in [0.2, 0.25) is 0 Å². The van der Waals surface area contributed by atoms with Crippen LogP contribution in [-0.4, -0.2) is 5.91 Å². The van der Waals surface area contributed by atoms with Crippen LogP contribution >= 0.6 is 0 Å². The Kier molecular flexibility index (Phi) is 2.20. The molecule has 0 bridgehead atoms. The quantitative estimate of drug-likeness (QED) is 0.648. The summed E-state index contributed by atoms with van der Waals surface area (Å²) in [5.74, 6) is -0.756. The molecular weight excluding hydrogens is 226 g/mol. The van der Waals surface area contributed by atoms with Crippen LogP contribution in [0.1, 0.15) is 10.4 Å². The minimum Gasteiger partial charge on any atom is -0.366 e. The van der Waals surface area contributed by atoms with Gasteiger partial charge in [-0.25, -0.2) is 0 Å². The van der Waals surface area contributed by atoms with Gasteiger partial charge in [0, 0.05) is 10.9 Å². The fourth-order valence-corrected chi connectivity index (χ4v) is 2.22. The Morgan fingerprint density at radius 3 is 2.44 bits per heavy atom. The van der Waals surface area contributed by atoms with Crippen LogP contribution in [0.4, 0.5) is 0 Å². The molecule has 0 saturated carbocycles. The van der Waals surface area contributed by atoms with Crippen molar-refractivity contribution in [1.29, 1.82) is 0 Å². The van der Waals surface area contributed by atoms with Gasteiger partial charge < -0.3 is 5.73 Å². The molecule has 0 saturated heterocycles. The lowest BCUT2D eigenvalue weighted by Gasteiger charge is -2.06. The van der Waals surface area contributed by atoms with Crippen LogP contribution in [0.5, 0.6) is 5.75 Å². The average Bonchev–Trinajstić information content (AvgIpc) is 2.38. The number of primary amides is 1. The first-order valence-electron chi connectivity index (χ1n) is 5.59. The zero-order valence-corrected chi connectivity index (χ0v) is 9.51. The molecule has 0 unspecified atom stereocenters. The van der Waals surface area contributed by atoms with Crippen molar-refractivity contribution in [3.8, 4) is 5.75 Å². The van der Waals surface area contributed by atoms with E-state index in [1.165, 1.54) is 6.07 Å². The first-order chi connectivity index (χ1) is 8.66. The second-order valence-corrected chi connectivity index (χ2v) is 4.22. The zero-order valence-electron chi connectivity index (χ0n) is 9.51. The van der Waals surface area contributed by atoms with E-state index in [-0.39, 0.29) is 11.3 Å². The van der Waals surface area contributed by atoms with Crippen molar-refractivity contribution in [2.75, 3.05) is 0 Å². The molecule has 0 atom stereocenters. The summed E-state index contributed by atoms with van der Waals surface area (Å²) in [4.78, 5) is 11.2. The van der Waals surface area contributed by atoms with E-state index in [1.807, 2.05) is 30.3 Å². The SMILES string of the molecule is NC(=O)c1cc([O])c2ccc3ccccc3c2c1. The summed E-state index contributed by atoms with van der Waals surface area (Å²) >= 11 is 0. The second-order valence-electron chi connectivity index (χ2n) is 4.22. The maximum absolute atomic E-state index is 11.9. The summed E-state index contributed by atoms with van der Waals surface area (Å²) in [6.45, 7) is 0. The first-order valence-corrected chi connectivity index (χ1v) is 5.59. The Morgan fingerprint density at radius 2 is 1.67 bits per heavy atom. The second kappa shape index (κ2) is 3.74. The monoisotopic (exact) mass is 236 g/mol. The Hall–Kier alpha value is -2.55. The van der Waals surface area contributed by atoms with Crippen LogP contribution in [0, 0.1) is 0 Å². The molecule has 3 nitrogen and oxygen atoms in total. The van der Waals surface area contributed by atoms with Gasteiger partial charge in [0.15, 0.2) is 5.75 Å². The third-order valence-electron chi connectivity index (χ3n) is 3.11.